The summed E-state index contributed by atoms with van der Waals surface area (Å²) in [7, 11) is 1.70. The molecule has 1 aromatic carbocycles. The van der Waals surface area contributed by atoms with E-state index in [0.717, 1.165) is 12.1 Å². The molecule has 0 aliphatic rings. The maximum absolute atomic E-state index is 12.8. The highest BCUT2D eigenvalue weighted by Crippen LogP contribution is 2.34. The number of alkyl halides is 3. The molecule has 4 nitrogen and oxygen atoms in total. The quantitative estimate of drug-likeness (QED) is 0.908. The molecule has 0 bridgehead atoms. The molecule has 2 rings (SSSR count). The van der Waals surface area contributed by atoms with E-state index in [-0.39, 0.29) is 5.69 Å². The maximum Gasteiger partial charge on any atom is 0.417 e. The lowest BCUT2D eigenvalue weighted by molar-refractivity contribution is -0.137. The summed E-state index contributed by atoms with van der Waals surface area (Å²) < 4.78 is 39.8. The van der Waals surface area contributed by atoms with Gasteiger partial charge in [-0.15, -0.1) is 0 Å². The number of nitriles is 1. The maximum atomic E-state index is 12.8. The van der Waals surface area contributed by atoms with Crippen molar-refractivity contribution in [3.63, 3.8) is 0 Å². The van der Waals surface area contributed by atoms with Crippen LogP contribution in [0.15, 0.2) is 30.6 Å². The number of benzene rings is 1. The van der Waals surface area contributed by atoms with Crippen LogP contribution in [0.3, 0.4) is 0 Å². The molecule has 0 amide bonds. The van der Waals surface area contributed by atoms with E-state index < -0.39 is 17.3 Å². The van der Waals surface area contributed by atoms with Gasteiger partial charge in [0.05, 0.1) is 29.1 Å². The second-order valence-electron chi connectivity index (χ2n) is 3.90. The Morgan fingerprint density at radius 1 is 1.32 bits per heavy atom. The molecule has 0 atom stereocenters. The highest BCUT2D eigenvalue weighted by molar-refractivity contribution is 5.61. The molecule has 0 saturated heterocycles. The van der Waals surface area contributed by atoms with E-state index in [2.05, 4.69) is 10.4 Å². The van der Waals surface area contributed by atoms with Crippen molar-refractivity contribution in [1.29, 1.82) is 5.26 Å². The average Bonchev–Trinajstić information content (AvgIpc) is 2.73. The first-order valence-electron chi connectivity index (χ1n) is 5.27. The first-order chi connectivity index (χ1) is 8.90. The second kappa shape index (κ2) is 4.65. The van der Waals surface area contributed by atoms with E-state index in [1.165, 1.54) is 23.0 Å². The summed E-state index contributed by atoms with van der Waals surface area (Å²) in [5.74, 6) is 0. The summed E-state index contributed by atoms with van der Waals surface area (Å²) in [6.07, 6.45) is -1.44. The van der Waals surface area contributed by atoms with Gasteiger partial charge in [-0.25, -0.2) is 0 Å². The predicted molar refractivity (Wildman–Crippen MR) is 62.6 cm³/mol. The predicted octanol–water partition coefficient (Wildman–Crippen LogP) is 3.05. The van der Waals surface area contributed by atoms with Crippen molar-refractivity contribution in [2.24, 2.45) is 7.05 Å². The second-order valence-corrected chi connectivity index (χ2v) is 3.90. The summed E-state index contributed by atoms with van der Waals surface area (Å²) in [6.45, 7) is 0. The molecule has 0 saturated carbocycles. The van der Waals surface area contributed by atoms with Gasteiger partial charge in [0.2, 0.25) is 0 Å². The Balaban J connectivity index is 2.36. The number of hydrogen-bond donors (Lipinski definition) is 1. The third kappa shape index (κ3) is 2.85. The molecule has 0 aliphatic heterocycles. The first-order valence-corrected chi connectivity index (χ1v) is 5.27. The minimum atomic E-state index is -4.56. The fraction of sp³-hybridized carbons (Fsp3) is 0.167. The van der Waals surface area contributed by atoms with Gasteiger partial charge < -0.3 is 5.32 Å². The number of rotatable bonds is 2. The average molecular weight is 266 g/mol. The van der Waals surface area contributed by atoms with Crippen LogP contribution in [0.5, 0.6) is 0 Å². The van der Waals surface area contributed by atoms with Crippen LogP contribution in [0.1, 0.15) is 11.1 Å². The number of aryl methyl sites for hydroxylation is 1. The van der Waals surface area contributed by atoms with Gasteiger partial charge in [-0.3, -0.25) is 4.68 Å². The highest BCUT2D eigenvalue weighted by atomic mass is 19.4. The van der Waals surface area contributed by atoms with Crippen molar-refractivity contribution in [2.45, 2.75) is 6.18 Å². The summed E-state index contributed by atoms with van der Waals surface area (Å²) >= 11 is 0. The summed E-state index contributed by atoms with van der Waals surface area (Å²) in [4.78, 5) is 0. The van der Waals surface area contributed by atoms with Gasteiger partial charge in [0.15, 0.2) is 0 Å². The van der Waals surface area contributed by atoms with Gasteiger partial charge in [-0.1, -0.05) is 0 Å². The van der Waals surface area contributed by atoms with Crippen LogP contribution in [0, 0.1) is 11.3 Å². The van der Waals surface area contributed by atoms with E-state index >= 15 is 0 Å². The Hall–Kier alpha value is -2.49. The Kier molecular flexibility index (Phi) is 3.17. The Labute approximate surface area is 107 Å². The number of hydrogen-bond acceptors (Lipinski definition) is 3. The summed E-state index contributed by atoms with van der Waals surface area (Å²) in [5.41, 5.74) is -0.534. The summed E-state index contributed by atoms with van der Waals surface area (Å²) in [5, 5.41) is 15.4. The van der Waals surface area contributed by atoms with Gasteiger partial charge in [-0.05, 0) is 18.2 Å². The van der Waals surface area contributed by atoms with E-state index in [1.807, 2.05) is 0 Å². The van der Waals surface area contributed by atoms with E-state index in [4.69, 9.17) is 5.26 Å². The topological polar surface area (TPSA) is 53.6 Å². The van der Waals surface area contributed by atoms with E-state index in [0.29, 0.717) is 5.69 Å². The lowest BCUT2D eigenvalue weighted by atomic mass is 10.1. The van der Waals surface area contributed by atoms with Crippen LogP contribution in [0.2, 0.25) is 0 Å². The van der Waals surface area contributed by atoms with Gasteiger partial charge in [0, 0.05) is 18.9 Å². The monoisotopic (exact) mass is 266 g/mol. The van der Waals surface area contributed by atoms with Crippen molar-refractivity contribution in [2.75, 3.05) is 5.32 Å². The molecular weight excluding hydrogens is 257 g/mol. The van der Waals surface area contributed by atoms with Crippen LogP contribution >= 0.6 is 0 Å². The zero-order valence-electron chi connectivity index (χ0n) is 9.86. The minimum absolute atomic E-state index is 0.249. The van der Waals surface area contributed by atoms with Crippen LogP contribution < -0.4 is 5.32 Å². The number of halogens is 3. The molecule has 0 fully saturated rings. The SMILES string of the molecule is Cn1cc(Nc2ccc(C#N)c(C(F)(F)F)c2)cn1. The molecule has 1 heterocycles. The zero-order valence-corrected chi connectivity index (χ0v) is 9.86. The van der Waals surface area contributed by atoms with Crippen molar-refractivity contribution >= 4 is 11.4 Å². The van der Waals surface area contributed by atoms with Crippen molar-refractivity contribution in [1.82, 2.24) is 9.78 Å². The standard InChI is InChI=1S/C12H9F3N4/c1-19-7-10(6-17-19)18-9-3-2-8(5-16)11(4-9)12(13,14)15/h2-4,6-7,18H,1H3. The molecule has 2 aromatic rings. The van der Waals surface area contributed by atoms with Gasteiger partial charge in [-0.2, -0.15) is 23.5 Å². The van der Waals surface area contributed by atoms with Crippen molar-refractivity contribution in [3.8, 4) is 6.07 Å². The normalized spacial score (nSPS) is 11.1. The summed E-state index contributed by atoms with van der Waals surface area (Å²) in [6, 6.07) is 5.00. The van der Waals surface area contributed by atoms with Gasteiger partial charge in [0.1, 0.15) is 0 Å². The van der Waals surface area contributed by atoms with Crippen LogP contribution in [-0.4, -0.2) is 9.78 Å². The zero-order chi connectivity index (χ0) is 14.0. The Bertz CT molecular complexity index is 637. The molecular formula is C12H9F3N4. The smallest absolute Gasteiger partial charge is 0.353 e. The Morgan fingerprint density at radius 3 is 2.58 bits per heavy atom. The molecule has 7 heteroatoms. The highest BCUT2D eigenvalue weighted by Gasteiger charge is 2.33. The lowest BCUT2D eigenvalue weighted by Crippen LogP contribution is -2.08. The third-order valence-electron chi connectivity index (χ3n) is 2.44. The third-order valence-corrected chi connectivity index (χ3v) is 2.44. The first kappa shape index (κ1) is 13.0. The molecule has 0 spiro atoms. The number of nitrogens with one attached hydrogen (secondary N) is 1. The number of aromatic nitrogens is 2. The molecule has 1 N–H and O–H groups in total. The van der Waals surface area contributed by atoms with Crippen molar-refractivity contribution < 1.29 is 13.2 Å². The van der Waals surface area contributed by atoms with E-state index in [1.54, 1.807) is 13.2 Å². The number of nitrogens with zero attached hydrogens (tertiary/aromatic N) is 3. The molecule has 0 unspecified atom stereocenters. The lowest BCUT2D eigenvalue weighted by Gasteiger charge is -2.11. The fourth-order valence-electron chi connectivity index (χ4n) is 1.61. The molecule has 0 radical (unpaired) electrons. The van der Waals surface area contributed by atoms with Gasteiger partial charge in [0.25, 0.3) is 0 Å². The van der Waals surface area contributed by atoms with Crippen LogP contribution in [-0.2, 0) is 13.2 Å². The minimum Gasteiger partial charge on any atom is -0.353 e. The molecule has 19 heavy (non-hydrogen) atoms. The van der Waals surface area contributed by atoms with Crippen LogP contribution in [0.4, 0.5) is 24.5 Å². The fourth-order valence-corrected chi connectivity index (χ4v) is 1.61. The molecule has 98 valence electrons. The largest absolute Gasteiger partial charge is 0.417 e. The van der Waals surface area contributed by atoms with E-state index in [9.17, 15) is 13.2 Å². The molecule has 0 aliphatic carbocycles. The molecule has 1 aromatic heterocycles. The number of anilines is 2. The van der Waals surface area contributed by atoms with Gasteiger partial charge >= 0.3 is 6.18 Å². The Morgan fingerprint density at radius 2 is 2.05 bits per heavy atom. The van der Waals surface area contributed by atoms with Crippen molar-refractivity contribution in [3.05, 3.63) is 41.7 Å². The van der Waals surface area contributed by atoms with Crippen LogP contribution in [0.25, 0.3) is 0 Å².